The van der Waals surface area contributed by atoms with E-state index in [0.29, 0.717) is 11.8 Å². The van der Waals surface area contributed by atoms with Crippen molar-refractivity contribution < 1.29 is 0 Å². The zero-order chi connectivity index (χ0) is 9.97. The van der Waals surface area contributed by atoms with Crippen LogP contribution >= 0.6 is 15.9 Å². The maximum absolute atomic E-state index is 5.76. The summed E-state index contributed by atoms with van der Waals surface area (Å²) in [6.07, 6.45) is 0. The van der Waals surface area contributed by atoms with Crippen LogP contribution in [-0.2, 0) is 0 Å². The van der Waals surface area contributed by atoms with E-state index in [2.05, 4.69) is 39.4 Å². The van der Waals surface area contributed by atoms with E-state index in [0.717, 1.165) is 19.6 Å². The molecular formula is C11H15BrN2. The van der Waals surface area contributed by atoms with Crippen molar-refractivity contribution in [1.29, 1.82) is 0 Å². The summed E-state index contributed by atoms with van der Waals surface area (Å²) in [5.74, 6) is 1.14. The average molecular weight is 255 g/mol. The molecule has 2 nitrogen and oxygen atoms in total. The first-order valence-corrected chi connectivity index (χ1v) is 5.77. The van der Waals surface area contributed by atoms with Gasteiger partial charge in [0.2, 0.25) is 0 Å². The summed E-state index contributed by atoms with van der Waals surface area (Å²) in [7, 11) is 0. The van der Waals surface area contributed by atoms with Crippen LogP contribution in [0.1, 0.15) is 11.5 Å². The van der Waals surface area contributed by atoms with Crippen LogP contribution in [0.4, 0.5) is 0 Å². The zero-order valence-electron chi connectivity index (χ0n) is 8.04. The minimum atomic E-state index is 0.565. The van der Waals surface area contributed by atoms with Gasteiger partial charge in [0.05, 0.1) is 0 Å². The molecule has 3 N–H and O–H groups in total. The van der Waals surface area contributed by atoms with Crippen molar-refractivity contribution in [2.24, 2.45) is 11.7 Å². The number of hydrogen-bond donors (Lipinski definition) is 2. The highest BCUT2D eigenvalue weighted by Crippen LogP contribution is 2.32. The van der Waals surface area contributed by atoms with E-state index in [1.165, 1.54) is 10.0 Å². The molecule has 1 aromatic rings. The van der Waals surface area contributed by atoms with Gasteiger partial charge in [0.25, 0.3) is 0 Å². The van der Waals surface area contributed by atoms with Crippen molar-refractivity contribution in [1.82, 2.24) is 5.32 Å². The molecule has 0 amide bonds. The summed E-state index contributed by atoms with van der Waals surface area (Å²) in [6.45, 7) is 2.85. The molecule has 0 saturated carbocycles. The lowest BCUT2D eigenvalue weighted by atomic mass is 9.89. The predicted octanol–water partition coefficient (Wildman–Crippen LogP) is 1.71. The quantitative estimate of drug-likeness (QED) is 0.844. The lowest BCUT2D eigenvalue weighted by Crippen LogP contribution is -2.21. The third-order valence-electron chi connectivity index (χ3n) is 2.95. The lowest BCUT2D eigenvalue weighted by molar-refractivity contribution is 0.529. The minimum Gasteiger partial charge on any atom is -0.330 e. The predicted molar refractivity (Wildman–Crippen MR) is 62.3 cm³/mol. The Hall–Kier alpha value is -0.380. The van der Waals surface area contributed by atoms with Gasteiger partial charge in [-0.05, 0) is 30.6 Å². The summed E-state index contributed by atoms with van der Waals surface area (Å²) < 4.78 is 1.20. The van der Waals surface area contributed by atoms with Gasteiger partial charge in [-0.3, -0.25) is 0 Å². The molecule has 2 unspecified atom stereocenters. The Labute approximate surface area is 93.0 Å². The summed E-state index contributed by atoms with van der Waals surface area (Å²) in [6, 6.07) is 8.42. The van der Waals surface area contributed by atoms with Gasteiger partial charge in [-0.25, -0.2) is 0 Å². The van der Waals surface area contributed by atoms with Gasteiger partial charge in [0, 0.05) is 16.9 Å². The summed E-state index contributed by atoms with van der Waals surface area (Å²) in [5, 5.41) is 3.40. The monoisotopic (exact) mass is 254 g/mol. The molecule has 14 heavy (non-hydrogen) atoms. The first-order valence-electron chi connectivity index (χ1n) is 4.98. The van der Waals surface area contributed by atoms with Crippen molar-refractivity contribution >= 4 is 15.9 Å². The maximum atomic E-state index is 5.76. The molecule has 1 fully saturated rings. The number of nitrogens with two attached hydrogens (primary N) is 1. The molecule has 2 rings (SSSR count). The maximum Gasteiger partial charge on any atom is 0.0210 e. The van der Waals surface area contributed by atoms with Gasteiger partial charge in [-0.2, -0.15) is 0 Å². The highest BCUT2D eigenvalue weighted by atomic mass is 79.9. The standard InChI is InChI=1S/C11H15BrN2/c12-11-4-2-1-3-9(11)10-7-14-6-8(10)5-13/h1-4,8,10,14H,5-7,13H2. The Morgan fingerprint density at radius 3 is 2.86 bits per heavy atom. The van der Waals surface area contributed by atoms with Gasteiger partial charge in [-0.1, -0.05) is 34.1 Å². The molecule has 1 aromatic carbocycles. The summed E-state index contributed by atoms with van der Waals surface area (Å²) in [5.41, 5.74) is 7.14. The van der Waals surface area contributed by atoms with Crippen LogP contribution in [0.2, 0.25) is 0 Å². The molecular weight excluding hydrogens is 240 g/mol. The van der Waals surface area contributed by atoms with Crippen molar-refractivity contribution in [3.8, 4) is 0 Å². The van der Waals surface area contributed by atoms with E-state index in [9.17, 15) is 0 Å². The Morgan fingerprint density at radius 1 is 1.36 bits per heavy atom. The van der Waals surface area contributed by atoms with E-state index in [1.807, 2.05) is 6.07 Å². The molecule has 1 saturated heterocycles. The van der Waals surface area contributed by atoms with E-state index >= 15 is 0 Å². The molecule has 0 radical (unpaired) electrons. The number of rotatable bonds is 2. The van der Waals surface area contributed by atoms with Crippen LogP contribution in [0.25, 0.3) is 0 Å². The largest absolute Gasteiger partial charge is 0.330 e. The van der Waals surface area contributed by atoms with Gasteiger partial charge in [0.15, 0.2) is 0 Å². The fraction of sp³-hybridized carbons (Fsp3) is 0.455. The normalized spacial score (nSPS) is 26.7. The first-order chi connectivity index (χ1) is 6.83. The van der Waals surface area contributed by atoms with Crippen LogP contribution in [-0.4, -0.2) is 19.6 Å². The molecule has 76 valence electrons. The second kappa shape index (κ2) is 4.43. The van der Waals surface area contributed by atoms with Crippen LogP contribution < -0.4 is 11.1 Å². The van der Waals surface area contributed by atoms with E-state index in [1.54, 1.807) is 0 Å². The highest BCUT2D eigenvalue weighted by Gasteiger charge is 2.28. The van der Waals surface area contributed by atoms with Crippen molar-refractivity contribution in [3.05, 3.63) is 34.3 Å². The number of benzene rings is 1. The lowest BCUT2D eigenvalue weighted by Gasteiger charge is -2.18. The van der Waals surface area contributed by atoms with Gasteiger partial charge in [-0.15, -0.1) is 0 Å². The van der Waals surface area contributed by atoms with E-state index in [-0.39, 0.29) is 0 Å². The smallest absolute Gasteiger partial charge is 0.0210 e. The van der Waals surface area contributed by atoms with Crippen molar-refractivity contribution in [3.63, 3.8) is 0 Å². The zero-order valence-corrected chi connectivity index (χ0v) is 9.63. The van der Waals surface area contributed by atoms with Gasteiger partial charge in [0.1, 0.15) is 0 Å². The average Bonchev–Trinajstić information content (AvgIpc) is 2.66. The molecule has 2 atom stereocenters. The van der Waals surface area contributed by atoms with Gasteiger partial charge < -0.3 is 11.1 Å². The molecule has 1 aliphatic heterocycles. The Morgan fingerprint density at radius 2 is 2.14 bits per heavy atom. The highest BCUT2D eigenvalue weighted by molar-refractivity contribution is 9.10. The van der Waals surface area contributed by atoms with Crippen LogP contribution in [0.3, 0.4) is 0 Å². The molecule has 3 heteroatoms. The SMILES string of the molecule is NCC1CNCC1c1ccccc1Br. The first kappa shape index (κ1) is 10.1. The Bertz CT molecular complexity index is 314. The second-order valence-electron chi connectivity index (χ2n) is 3.78. The van der Waals surface area contributed by atoms with E-state index < -0.39 is 0 Å². The number of halogens is 1. The molecule has 0 aliphatic carbocycles. The molecule has 0 aromatic heterocycles. The number of nitrogens with one attached hydrogen (secondary N) is 1. The third kappa shape index (κ3) is 1.85. The van der Waals surface area contributed by atoms with E-state index in [4.69, 9.17) is 5.73 Å². The Balaban J connectivity index is 2.26. The van der Waals surface area contributed by atoms with Gasteiger partial charge >= 0.3 is 0 Å². The number of hydrogen-bond acceptors (Lipinski definition) is 2. The summed E-state index contributed by atoms with van der Waals surface area (Å²) >= 11 is 3.59. The minimum absolute atomic E-state index is 0.565. The second-order valence-corrected chi connectivity index (χ2v) is 4.64. The van der Waals surface area contributed by atoms with Crippen LogP contribution in [0, 0.1) is 5.92 Å². The van der Waals surface area contributed by atoms with Crippen molar-refractivity contribution in [2.75, 3.05) is 19.6 Å². The third-order valence-corrected chi connectivity index (χ3v) is 3.67. The molecule has 0 spiro atoms. The molecule has 1 heterocycles. The molecule has 0 bridgehead atoms. The topological polar surface area (TPSA) is 38.0 Å². The Kier molecular flexibility index (Phi) is 3.21. The van der Waals surface area contributed by atoms with Crippen LogP contribution in [0.5, 0.6) is 0 Å². The fourth-order valence-electron chi connectivity index (χ4n) is 2.12. The fourth-order valence-corrected chi connectivity index (χ4v) is 2.70. The molecule has 1 aliphatic rings. The summed E-state index contributed by atoms with van der Waals surface area (Å²) in [4.78, 5) is 0. The van der Waals surface area contributed by atoms with Crippen LogP contribution in [0.15, 0.2) is 28.7 Å². The van der Waals surface area contributed by atoms with Crippen molar-refractivity contribution in [2.45, 2.75) is 5.92 Å².